The fourth-order valence-electron chi connectivity index (χ4n) is 2.05. The van der Waals surface area contributed by atoms with Crippen molar-refractivity contribution in [2.24, 2.45) is 5.73 Å². The Labute approximate surface area is 160 Å². The maximum atomic E-state index is 11.4. The largest absolute Gasteiger partial charge is 0.495 e. The number of anilines is 2. The maximum Gasteiger partial charge on any atom is 0.250 e. The average Bonchev–Trinajstić information content (AvgIpc) is 2.56. The minimum absolute atomic E-state index is 0.180. The number of nitrogens with two attached hydrogens (primary N) is 1. The van der Waals surface area contributed by atoms with Gasteiger partial charge in [-0.15, -0.1) is 0 Å². The van der Waals surface area contributed by atoms with E-state index in [9.17, 15) is 4.79 Å². The van der Waals surface area contributed by atoms with Crippen molar-refractivity contribution in [2.45, 2.75) is 0 Å². The highest BCUT2D eigenvalue weighted by Crippen LogP contribution is 2.36. The molecule has 0 aromatic heterocycles. The lowest BCUT2D eigenvalue weighted by molar-refractivity contribution is 0.100. The zero-order valence-corrected chi connectivity index (χ0v) is 15.7. The minimum Gasteiger partial charge on any atom is -0.495 e. The molecule has 0 aliphatic heterocycles. The van der Waals surface area contributed by atoms with E-state index in [-0.39, 0.29) is 15.7 Å². The van der Waals surface area contributed by atoms with Crippen LogP contribution in [0.5, 0.6) is 11.5 Å². The van der Waals surface area contributed by atoms with Crippen LogP contribution in [0.1, 0.15) is 10.4 Å². The van der Waals surface area contributed by atoms with Crippen molar-refractivity contribution in [2.75, 3.05) is 24.9 Å². The van der Waals surface area contributed by atoms with Crippen LogP contribution in [-0.2, 0) is 0 Å². The van der Waals surface area contributed by atoms with E-state index in [0.717, 1.165) is 0 Å². The number of carbonyl (C=O) groups excluding carboxylic acids is 1. The molecule has 0 spiro atoms. The number of benzene rings is 2. The molecule has 0 aliphatic rings. The number of methoxy groups -OCH3 is 2. The van der Waals surface area contributed by atoms with Gasteiger partial charge in [0.15, 0.2) is 5.11 Å². The topological polar surface area (TPSA) is 85.6 Å². The molecule has 2 rings (SSSR count). The number of rotatable bonds is 5. The van der Waals surface area contributed by atoms with Crippen LogP contribution in [0, 0.1) is 0 Å². The number of nitrogens with one attached hydrogen (secondary N) is 2. The van der Waals surface area contributed by atoms with Crippen molar-refractivity contribution in [3.8, 4) is 11.5 Å². The Bertz CT molecular complexity index is 831. The smallest absolute Gasteiger partial charge is 0.250 e. The van der Waals surface area contributed by atoms with Crippen molar-refractivity contribution < 1.29 is 14.3 Å². The highest BCUT2D eigenvalue weighted by atomic mass is 35.5. The van der Waals surface area contributed by atoms with E-state index in [2.05, 4.69) is 10.6 Å². The molecule has 0 fully saturated rings. The van der Waals surface area contributed by atoms with E-state index >= 15 is 0 Å². The third-order valence-electron chi connectivity index (χ3n) is 3.23. The Morgan fingerprint density at radius 2 is 1.72 bits per heavy atom. The fourth-order valence-corrected chi connectivity index (χ4v) is 2.78. The molecule has 0 radical (unpaired) electrons. The molecule has 0 aliphatic carbocycles. The van der Waals surface area contributed by atoms with Crippen LogP contribution in [0.2, 0.25) is 10.0 Å². The van der Waals surface area contributed by atoms with Crippen LogP contribution < -0.4 is 25.8 Å². The Morgan fingerprint density at radius 3 is 2.32 bits per heavy atom. The van der Waals surface area contributed by atoms with Gasteiger partial charge in [0.2, 0.25) is 5.91 Å². The molecule has 1 amide bonds. The second-order valence-electron chi connectivity index (χ2n) is 4.80. The van der Waals surface area contributed by atoms with E-state index in [1.165, 1.54) is 20.3 Å². The molecule has 2 aromatic rings. The van der Waals surface area contributed by atoms with Gasteiger partial charge in [-0.05, 0) is 30.4 Å². The first-order valence-electron chi connectivity index (χ1n) is 6.95. The number of hydrogen-bond acceptors (Lipinski definition) is 4. The molecule has 0 unspecified atom stereocenters. The number of carbonyl (C=O) groups is 1. The van der Waals surface area contributed by atoms with Gasteiger partial charge in [-0.3, -0.25) is 4.79 Å². The molecule has 0 saturated carbocycles. The van der Waals surface area contributed by atoms with Gasteiger partial charge in [0, 0.05) is 6.07 Å². The van der Waals surface area contributed by atoms with Crippen LogP contribution in [0.25, 0.3) is 0 Å². The summed E-state index contributed by atoms with van der Waals surface area (Å²) in [6.07, 6.45) is 0. The summed E-state index contributed by atoms with van der Waals surface area (Å²) in [6.45, 7) is 0. The van der Waals surface area contributed by atoms with Gasteiger partial charge in [0.1, 0.15) is 11.5 Å². The molecule has 0 saturated heterocycles. The molecule has 9 heteroatoms. The van der Waals surface area contributed by atoms with Crippen molar-refractivity contribution in [1.82, 2.24) is 0 Å². The molecule has 25 heavy (non-hydrogen) atoms. The molecule has 0 bridgehead atoms. The van der Waals surface area contributed by atoms with Gasteiger partial charge in [-0.25, -0.2) is 0 Å². The number of amides is 1. The Balaban J connectivity index is 2.23. The second-order valence-corrected chi connectivity index (χ2v) is 5.99. The Morgan fingerprint density at radius 1 is 1.08 bits per heavy atom. The first-order chi connectivity index (χ1) is 11.9. The van der Waals surface area contributed by atoms with Gasteiger partial charge < -0.3 is 25.8 Å². The monoisotopic (exact) mass is 399 g/mol. The molecule has 132 valence electrons. The maximum absolute atomic E-state index is 11.4. The molecule has 0 heterocycles. The summed E-state index contributed by atoms with van der Waals surface area (Å²) in [7, 11) is 3.02. The summed E-state index contributed by atoms with van der Waals surface area (Å²) >= 11 is 17.6. The van der Waals surface area contributed by atoms with Crippen LogP contribution in [0.3, 0.4) is 0 Å². The molecule has 2 aromatic carbocycles. The van der Waals surface area contributed by atoms with E-state index in [1.807, 2.05) is 0 Å². The Hall–Kier alpha value is -2.22. The third-order valence-corrected chi connectivity index (χ3v) is 4.14. The zero-order valence-electron chi connectivity index (χ0n) is 13.4. The number of halogens is 2. The van der Waals surface area contributed by atoms with Crippen molar-refractivity contribution in [3.63, 3.8) is 0 Å². The summed E-state index contributed by atoms with van der Waals surface area (Å²) in [5, 5.41) is 6.66. The molecule has 4 N–H and O–H groups in total. The van der Waals surface area contributed by atoms with Crippen LogP contribution in [0.15, 0.2) is 30.3 Å². The van der Waals surface area contributed by atoms with Crippen LogP contribution in [-0.4, -0.2) is 25.2 Å². The summed E-state index contributed by atoms with van der Waals surface area (Å²) in [6, 6.07) is 8.09. The first kappa shape index (κ1) is 19.1. The highest BCUT2D eigenvalue weighted by molar-refractivity contribution is 7.80. The van der Waals surface area contributed by atoms with Crippen LogP contribution >= 0.6 is 35.4 Å². The summed E-state index contributed by atoms with van der Waals surface area (Å²) in [5.74, 6) is 0.332. The zero-order chi connectivity index (χ0) is 18.6. The van der Waals surface area contributed by atoms with Gasteiger partial charge in [-0.2, -0.15) is 0 Å². The fraction of sp³-hybridized carbons (Fsp3) is 0.125. The number of thiocarbonyl (C=S) groups is 1. The lowest BCUT2D eigenvalue weighted by Crippen LogP contribution is -2.20. The average molecular weight is 400 g/mol. The highest BCUT2D eigenvalue weighted by Gasteiger charge is 2.14. The summed E-state index contributed by atoms with van der Waals surface area (Å²) in [4.78, 5) is 11.4. The molecule has 0 atom stereocenters. The second kappa shape index (κ2) is 8.24. The Kier molecular flexibility index (Phi) is 6.30. The lowest BCUT2D eigenvalue weighted by Gasteiger charge is -2.16. The van der Waals surface area contributed by atoms with Gasteiger partial charge in [0.25, 0.3) is 0 Å². The van der Waals surface area contributed by atoms with Crippen molar-refractivity contribution in [1.29, 1.82) is 0 Å². The predicted molar refractivity (Wildman–Crippen MR) is 104 cm³/mol. The molecular weight excluding hydrogens is 385 g/mol. The molecule has 6 nitrogen and oxygen atoms in total. The van der Waals surface area contributed by atoms with E-state index in [1.54, 1.807) is 24.3 Å². The first-order valence-corrected chi connectivity index (χ1v) is 8.11. The van der Waals surface area contributed by atoms with Gasteiger partial charge in [0.05, 0.1) is 41.2 Å². The van der Waals surface area contributed by atoms with Crippen LogP contribution in [0.4, 0.5) is 11.4 Å². The minimum atomic E-state index is -0.629. The van der Waals surface area contributed by atoms with E-state index in [4.69, 9.17) is 50.6 Å². The lowest BCUT2D eigenvalue weighted by atomic mass is 10.2. The third kappa shape index (κ3) is 4.45. The number of ether oxygens (including phenoxy) is 2. The quantitative estimate of drug-likeness (QED) is 0.660. The normalized spacial score (nSPS) is 10.1. The molecular formula is C16H15Cl2N3O3S. The van der Waals surface area contributed by atoms with Crippen molar-refractivity contribution in [3.05, 3.63) is 45.9 Å². The predicted octanol–water partition coefficient (Wildman–Crippen LogP) is 3.92. The van der Waals surface area contributed by atoms with E-state index in [0.29, 0.717) is 27.9 Å². The van der Waals surface area contributed by atoms with Gasteiger partial charge >= 0.3 is 0 Å². The number of hydrogen-bond donors (Lipinski definition) is 3. The summed E-state index contributed by atoms with van der Waals surface area (Å²) in [5.41, 5.74) is 6.45. The summed E-state index contributed by atoms with van der Waals surface area (Å²) < 4.78 is 10.4. The number of primary amides is 1. The SMILES string of the molecule is COc1cc(OC)c(NC(=S)Nc2cccc(C(N)=O)c2Cl)cc1Cl. The van der Waals surface area contributed by atoms with Crippen molar-refractivity contribution >= 4 is 57.8 Å². The van der Waals surface area contributed by atoms with Gasteiger partial charge in [-0.1, -0.05) is 29.3 Å². The van der Waals surface area contributed by atoms with E-state index < -0.39 is 5.91 Å². The standard InChI is InChI=1S/C16H15Cl2N3O3S/c1-23-12-7-13(24-2)11(6-9(12)17)21-16(25)20-10-5-3-4-8(14(10)18)15(19)22/h3-7H,1-2H3,(H2,19,22)(H2,20,21,25).